The number of anilines is 1. The summed E-state index contributed by atoms with van der Waals surface area (Å²) in [5.74, 6) is 0. The van der Waals surface area contributed by atoms with E-state index in [9.17, 15) is 4.79 Å². The zero-order valence-electron chi connectivity index (χ0n) is 10.8. The summed E-state index contributed by atoms with van der Waals surface area (Å²) >= 11 is 3.36. The van der Waals surface area contributed by atoms with Crippen LogP contribution in [0.2, 0.25) is 0 Å². The van der Waals surface area contributed by atoms with Crippen molar-refractivity contribution in [1.29, 1.82) is 0 Å². The second-order valence-corrected chi connectivity index (χ2v) is 5.34. The van der Waals surface area contributed by atoms with Crippen LogP contribution in [0.5, 0.6) is 0 Å². The van der Waals surface area contributed by atoms with E-state index in [1.54, 1.807) is 24.2 Å². The molecule has 0 saturated carbocycles. The van der Waals surface area contributed by atoms with Crippen LogP contribution in [0.15, 0.2) is 55.2 Å². The molecule has 0 aliphatic carbocycles. The molecule has 100 valence electrons. The van der Waals surface area contributed by atoms with Crippen molar-refractivity contribution in [3.05, 3.63) is 51.3 Å². The van der Waals surface area contributed by atoms with Crippen LogP contribution in [-0.2, 0) is 0 Å². The summed E-state index contributed by atoms with van der Waals surface area (Å²) in [6, 6.07) is 11.2. The molecule has 0 fully saturated rings. The molecule has 0 radical (unpaired) electrons. The Morgan fingerprint density at radius 1 is 1.15 bits per heavy atom. The predicted octanol–water partition coefficient (Wildman–Crippen LogP) is 3.76. The van der Waals surface area contributed by atoms with E-state index in [-0.39, 0.29) is 5.63 Å². The maximum Gasteiger partial charge on any atom is 0.344 e. The molecule has 20 heavy (non-hydrogen) atoms. The lowest BCUT2D eigenvalue weighted by molar-refractivity contribution is 0.569. The van der Waals surface area contributed by atoms with Gasteiger partial charge in [-0.1, -0.05) is 22.0 Å². The Bertz CT molecular complexity index is 886. The van der Waals surface area contributed by atoms with E-state index in [1.807, 2.05) is 24.3 Å². The lowest BCUT2D eigenvalue weighted by atomic mass is 10.1. The first-order valence-corrected chi connectivity index (χ1v) is 6.76. The molecule has 0 N–H and O–H groups in total. The Morgan fingerprint density at radius 2 is 1.90 bits per heavy atom. The maximum absolute atomic E-state index is 12.1. The fourth-order valence-corrected chi connectivity index (χ4v) is 2.54. The average Bonchev–Trinajstić information content (AvgIpc) is 2.46. The first-order valence-electron chi connectivity index (χ1n) is 5.96. The van der Waals surface area contributed by atoms with Crippen LogP contribution in [0, 0.1) is 0 Å². The molecule has 3 rings (SSSR count). The standard InChI is InChI=1S/C15H11BrN2O2/c1-17-18(2)10-4-6-12-11-5-3-9(16)7-13(11)15(19)20-14(12)8-10/h3-8H,1H2,2H3. The minimum atomic E-state index is -0.347. The van der Waals surface area contributed by atoms with Gasteiger partial charge in [-0.3, -0.25) is 5.01 Å². The zero-order chi connectivity index (χ0) is 14.3. The van der Waals surface area contributed by atoms with Gasteiger partial charge < -0.3 is 4.42 Å². The summed E-state index contributed by atoms with van der Waals surface area (Å²) in [6.07, 6.45) is 0. The van der Waals surface area contributed by atoms with Gasteiger partial charge in [0, 0.05) is 29.7 Å². The fraction of sp³-hybridized carbons (Fsp3) is 0.0667. The van der Waals surface area contributed by atoms with E-state index in [2.05, 4.69) is 27.7 Å². The number of fused-ring (bicyclic) bond motifs is 3. The predicted molar refractivity (Wildman–Crippen MR) is 85.6 cm³/mol. The quantitative estimate of drug-likeness (QED) is 0.311. The van der Waals surface area contributed by atoms with Crippen LogP contribution in [0.1, 0.15) is 0 Å². The highest BCUT2D eigenvalue weighted by molar-refractivity contribution is 9.10. The third-order valence-electron chi connectivity index (χ3n) is 3.25. The molecule has 4 nitrogen and oxygen atoms in total. The number of hydrazone groups is 1. The molecule has 0 spiro atoms. The summed E-state index contributed by atoms with van der Waals surface area (Å²) in [5.41, 5.74) is 1.00. The molecular formula is C15H11BrN2O2. The number of halogens is 1. The lowest BCUT2D eigenvalue weighted by Gasteiger charge is -2.12. The molecule has 3 aromatic rings. The molecule has 5 heteroatoms. The Labute approximate surface area is 123 Å². The molecule has 0 atom stereocenters. The van der Waals surface area contributed by atoms with Crippen LogP contribution < -0.4 is 10.6 Å². The van der Waals surface area contributed by atoms with Gasteiger partial charge in [0.1, 0.15) is 5.58 Å². The third-order valence-corrected chi connectivity index (χ3v) is 3.74. The van der Waals surface area contributed by atoms with Crippen molar-refractivity contribution < 1.29 is 4.42 Å². The van der Waals surface area contributed by atoms with Gasteiger partial charge in [-0.05, 0) is 29.7 Å². The summed E-state index contributed by atoms with van der Waals surface area (Å²) in [6.45, 7) is 3.47. The van der Waals surface area contributed by atoms with Crippen molar-refractivity contribution in [2.24, 2.45) is 5.10 Å². The van der Waals surface area contributed by atoms with Crippen LogP contribution >= 0.6 is 15.9 Å². The third kappa shape index (κ3) is 2.00. The van der Waals surface area contributed by atoms with Crippen molar-refractivity contribution in [1.82, 2.24) is 0 Å². The average molecular weight is 331 g/mol. The normalized spacial score (nSPS) is 10.9. The fourth-order valence-electron chi connectivity index (χ4n) is 2.18. The van der Waals surface area contributed by atoms with Gasteiger partial charge in [0.05, 0.1) is 11.1 Å². The maximum atomic E-state index is 12.1. The van der Waals surface area contributed by atoms with E-state index < -0.39 is 0 Å². The zero-order valence-corrected chi connectivity index (χ0v) is 12.3. The first-order chi connectivity index (χ1) is 9.60. The number of hydrogen-bond acceptors (Lipinski definition) is 4. The number of hydrogen-bond donors (Lipinski definition) is 0. The second-order valence-electron chi connectivity index (χ2n) is 4.42. The Balaban J connectivity index is 2.39. The van der Waals surface area contributed by atoms with E-state index in [0.717, 1.165) is 20.9 Å². The van der Waals surface area contributed by atoms with Gasteiger partial charge in [0.25, 0.3) is 0 Å². The van der Waals surface area contributed by atoms with Crippen LogP contribution in [0.3, 0.4) is 0 Å². The lowest BCUT2D eigenvalue weighted by Crippen LogP contribution is -2.07. The van der Waals surface area contributed by atoms with E-state index in [4.69, 9.17) is 4.42 Å². The minimum absolute atomic E-state index is 0.347. The molecule has 1 heterocycles. The Kier molecular flexibility index (Phi) is 3.06. The monoisotopic (exact) mass is 330 g/mol. The number of nitrogens with zero attached hydrogens (tertiary/aromatic N) is 2. The van der Waals surface area contributed by atoms with Crippen molar-refractivity contribution in [2.75, 3.05) is 12.1 Å². The van der Waals surface area contributed by atoms with Gasteiger partial charge in [0.15, 0.2) is 0 Å². The van der Waals surface area contributed by atoms with Crippen LogP contribution in [0.4, 0.5) is 5.69 Å². The molecule has 2 aromatic carbocycles. The van der Waals surface area contributed by atoms with E-state index in [0.29, 0.717) is 11.0 Å². The summed E-state index contributed by atoms with van der Waals surface area (Å²) in [5, 5.41) is 7.77. The minimum Gasteiger partial charge on any atom is -0.422 e. The molecule has 0 amide bonds. The first kappa shape index (κ1) is 12.9. The van der Waals surface area contributed by atoms with E-state index in [1.165, 1.54) is 0 Å². The highest BCUT2D eigenvalue weighted by Crippen LogP contribution is 2.28. The Hall–Kier alpha value is -2.14. The molecule has 0 aliphatic rings. The largest absolute Gasteiger partial charge is 0.422 e. The molecule has 0 bridgehead atoms. The summed E-state index contributed by atoms with van der Waals surface area (Å²) in [4.78, 5) is 12.1. The van der Waals surface area contributed by atoms with Crippen molar-refractivity contribution in [3.8, 4) is 0 Å². The molecule has 0 aliphatic heterocycles. The van der Waals surface area contributed by atoms with Gasteiger partial charge in [-0.25, -0.2) is 4.79 Å². The van der Waals surface area contributed by atoms with Crippen molar-refractivity contribution in [3.63, 3.8) is 0 Å². The van der Waals surface area contributed by atoms with Crippen LogP contribution in [-0.4, -0.2) is 13.8 Å². The summed E-state index contributed by atoms with van der Waals surface area (Å²) in [7, 11) is 1.78. The van der Waals surface area contributed by atoms with E-state index >= 15 is 0 Å². The second kappa shape index (κ2) is 4.76. The SMILES string of the molecule is C=NN(C)c1ccc2c(c1)oc(=O)c1cc(Br)ccc12. The van der Waals surface area contributed by atoms with Crippen molar-refractivity contribution in [2.45, 2.75) is 0 Å². The summed E-state index contributed by atoms with van der Waals surface area (Å²) < 4.78 is 6.25. The van der Waals surface area contributed by atoms with Gasteiger partial charge >= 0.3 is 5.63 Å². The number of rotatable bonds is 2. The molecular weight excluding hydrogens is 320 g/mol. The smallest absolute Gasteiger partial charge is 0.344 e. The Morgan fingerprint density at radius 3 is 2.65 bits per heavy atom. The van der Waals surface area contributed by atoms with Crippen LogP contribution in [0.25, 0.3) is 21.7 Å². The van der Waals surface area contributed by atoms with Gasteiger partial charge in [-0.15, -0.1) is 0 Å². The molecule has 0 unspecified atom stereocenters. The highest BCUT2D eigenvalue weighted by atomic mass is 79.9. The van der Waals surface area contributed by atoms with Gasteiger partial charge in [0.2, 0.25) is 0 Å². The molecule has 1 aromatic heterocycles. The van der Waals surface area contributed by atoms with Gasteiger partial charge in [-0.2, -0.15) is 5.10 Å². The topological polar surface area (TPSA) is 45.8 Å². The highest BCUT2D eigenvalue weighted by Gasteiger charge is 2.09. The van der Waals surface area contributed by atoms with Crippen molar-refractivity contribution >= 4 is 50.1 Å². The molecule has 0 saturated heterocycles. The number of benzene rings is 2.